The molecule has 0 rings (SSSR count). The molecule has 0 aliphatic carbocycles. The van der Waals surface area contributed by atoms with Crippen LogP contribution in [0.25, 0.3) is 0 Å². The SMILES string of the molecule is CCC(=O)[O-].CC[N+](C)(CC)CCOC. The summed E-state index contributed by atoms with van der Waals surface area (Å²) in [4.78, 5) is 9.26. The summed E-state index contributed by atoms with van der Waals surface area (Å²) in [7, 11) is 4.02. The van der Waals surface area contributed by atoms with Crippen LogP contribution in [0, 0.1) is 0 Å². The smallest absolute Gasteiger partial charge is 0.102 e. The van der Waals surface area contributed by atoms with Crippen molar-refractivity contribution in [3.05, 3.63) is 0 Å². The predicted octanol–water partition coefficient (Wildman–Crippen LogP) is 0.266. The second kappa shape index (κ2) is 9.93. The molecule has 4 heteroatoms. The minimum Gasteiger partial charge on any atom is -0.550 e. The van der Waals surface area contributed by atoms with Crippen LogP contribution in [0.2, 0.25) is 0 Å². The molecule has 0 spiro atoms. The number of carboxylic acids is 1. The minimum atomic E-state index is -0.995. The number of quaternary nitrogens is 1. The first kappa shape index (κ1) is 16.8. The Balaban J connectivity index is 0. The predicted molar refractivity (Wildman–Crippen MR) is 59.3 cm³/mol. The largest absolute Gasteiger partial charge is 0.550 e. The molecular weight excluding hydrogens is 194 g/mol. The highest BCUT2D eigenvalue weighted by molar-refractivity contribution is 5.63. The lowest BCUT2D eigenvalue weighted by Crippen LogP contribution is -2.45. The van der Waals surface area contributed by atoms with E-state index in [0.29, 0.717) is 0 Å². The van der Waals surface area contributed by atoms with Crippen LogP contribution >= 0.6 is 0 Å². The van der Waals surface area contributed by atoms with Gasteiger partial charge in [-0.15, -0.1) is 0 Å². The molecule has 0 aromatic rings. The Bertz CT molecular complexity index is 156. The zero-order chi connectivity index (χ0) is 12.3. The fraction of sp³-hybridized carbons (Fsp3) is 0.909. The first-order valence-electron chi connectivity index (χ1n) is 5.48. The van der Waals surface area contributed by atoms with Gasteiger partial charge in [0.05, 0.1) is 26.7 Å². The van der Waals surface area contributed by atoms with Gasteiger partial charge in [0.2, 0.25) is 0 Å². The van der Waals surface area contributed by atoms with Crippen LogP contribution in [0.5, 0.6) is 0 Å². The molecule has 15 heavy (non-hydrogen) atoms. The molecule has 92 valence electrons. The Kier molecular flexibility index (Phi) is 11.1. The maximum absolute atomic E-state index is 9.26. The van der Waals surface area contributed by atoms with Crippen molar-refractivity contribution in [1.82, 2.24) is 0 Å². The van der Waals surface area contributed by atoms with Gasteiger partial charge in [0, 0.05) is 13.1 Å². The van der Waals surface area contributed by atoms with Gasteiger partial charge in [0.15, 0.2) is 0 Å². The van der Waals surface area contributed by atoms with Crippen LogP contribution in [-0.4, -0.2) is 50.9 Å². The van der Waals surface area contributed by atoms with E-state index in [1.165, 1.54) is 20.0 Å². The molecule has 0 N–H and O–H groups in total. The highest BCUT2D eigenvalue weighted by atomic mass is 16.5. The second-order valence-electron chi connectivity index (χ2n) is 3.69. The summed E-state index contributed by atoms with van der Waals surface area (Å²) >= 11 is 0. The van der Waals surface area contributed by atoms with E-state index in [1.54, 1.807) is 7.11 Å². The van der Waals surface area contributed by atoms with Gasteiger partial charge in [0.1, 0.15) is 6.54 Å². The third-order valence-corrected chi connectivity index (χ3v) is 2.65. The molecule has 4 nitrogen and oxygen atoms in total. The lowest BCUT2D eigenvalue weighted by molar-refractivity contribution is -0.906. The molecule has 0 fully saturated rings. The van der Waals surface area contributed by atoms with Gasteiger partial charge in [-0.1, -0.05) is 6.92 Å². The molecule has 0 unspecified atom stereocenters. The fourth-order valence-electron chi connectivity index (χ4n) is 0.852. The number of rotatable bonds is 6. The van der Waals surface area contributed by atoms with Crippen molar-refractivity contribution in [2.24, 2.45) is 0 Å². The molecule has 0 aliphatic heterocycles. The molecule has 0 amide bonds. The number of aliphatic carboxylic acids is 1. The molecule has 0 bridgehead atoms. The molecule has 0 heterocycles. The van der Waals surface area contributed by atoms with Gasteiger partial charge in [-0.3, -0.25) is 0 Å². The maximum Gasteiger partial charge on any atom is 0.102 e. The number of carbonyl (C=O) groups is 1. The average Bonchev–Trinajstić information content (AvgIpc) is 2.26. The van der Waals surface area contributed by atoms with Crippen LogP contribution in [-0.2, 0) is 9.53 Å². The Labute approximate surface area is 93.4 Å². The van der Waals surface area contributed by atoms with Crippen molar-refractivity contribution in [3.8, 4) is 0 Å². The first-order chi connectivity index (χ1) is 6.95. The van der Waals surface area contributed by atoms with Crippen molar-refractivity contribution in [1.29, 1.82) is 0 Å². The summed E-state index contributed by atoms with van der Waals surface area (Å²) in [6.07, 6.45) is 0.111. The highest BCUT2D eigenvalue weighted by Gasteiger charge is 2.14. The van der Waals surface area contributed by atoms with Crippen LogP contribution in [0.4, 0.5) is 0 Å². The van der Waals surface area contributed by atoms with Gasteiger partial charge in [-0.05, 0) is 20.3 Å². The third-order valence-electron chi connectivity index (χ3n) is 2.65. The number of nitrogens with zero attached hydrogens (tertiary/aromatic N) is 1. The minimum absolute atomic E-state index is 0.111. The number of carboxylic acid groups (broad SMARTS) is 1. The second-order valence-corrected chi connectivity index (χ2v) is 3.69. The number of ether oxygens (including phenoxy) is 1. The molecule has 0 aromatic heterocycles. The number of carbonyl (C=O) groups excluding carboxylic acids is 1. The van der Waals surface area contributed by atoms with E-state index in [-0.39, 0.29) is 6.42 Å². The van der Waals surface area contributed by atoms with Crippen molar-refractivity contribution in [3.63, 3.8) is 0 Å². The quantitative estimate of drug-likeness (QED) is 0.602. The standard InChI is InChI=1S/C8H20NO.C3H6O2/c1-5-9(3,6-2)7-8-10-4;1-2-3(4)5/h5-8H2,1-4H3;2H2,1H3,(H,4,5)/q+1;/p-1. The van der Waals surface area contributed by atoms with E-state index in [2.05, 4.69) is 20.9 Å². The Hall–Kier alpha value is -0.610. The van der Waals surface area contributed by atoms with Crippen LogP contribution in [0.3, 0.4) is 0 Å². The molecule has 0 aromatic carbocycles. The van der Waals surface area contributed by atoms with E-state index in [1.807, 2.05) is 0 Å². The normalized spacial score (nSPS) is 10.5. The van der Waals surface area contributed by atoms with Gasteiger partial charge >= 0.3 is 0 Å². The molecular formula is C11H25NO3. The molecule has 0 saturated carbocycles. The van der Waals surface area contributed by atoms with Crippen LogP contribution in [0.15, 0.2) is 0 Å². The summed E-state index contributed by atoms with van der Waals surface area (Å²) in [6, 6.07) is 0. The maximum atomic E-state index is 9.26. The van der Waals surface area contributed by atoms with Crippen LogP contribution in [0.1, 0.15) is 27.2 Å². The number of likely N-dealkylation sites (N-methyl/N-ethyl adjacent to an activating group) is 1. The first-order valence-corrected chi connectivity index (χ1v) is 5.48. The Morgan fingerprint density at radius 3 is 1.87 bits per heavy atom. The number of hydrogen-bond donors (Lipinski definition) is 0. The van der Waals surface area contributed by atoms with E-state index in [4.69, 9.17) is 4.74 Å². The van der Waals surface area contributed by atoms with Crippen molar-refractivity contribution >= 4 is 5.97 Å². The topological polar surface area (TPSA) is 49.4 Å². The van der Waals surface area contributed by atoms with Gasteiger partial charge in [-0.2, -0.15) is 0 Å². The highest BCUT2D eigenvalue weighted by Crippen LogP contribution is 1.99. The van der Waals surface area contributed by atoms with E-state index >= 15 is 0 Å². The van der Waals surface area contributed by atoms with Crippen molar-refractivity contribution < 1.29 is 19.1 Å². The lowest BCUT2D eigenvalue weighted by atomic mass is 10.4. The summed E-state index contributed by atoms with van der Waals surface area (Å²) in [5, 5.41) is 9.26. The summed E-state index contributed by atoms with van der Waals surface area (Å²) < 4.78 is 6.14. The van der Waals surface area contributed by atoms with E-state index in [0.717, 1.165) is 17.6 Å². The summed E-state index contributed by atoms with van der Waals surface area (Å²) in [6.45, 7) is 10.4. The molecule has 0 saturated heterocycles. The zero-order valence-electron chi connectivity index (χ0n) is 10.7. The molecule has 0 atom stereocenters. The fourth-order valence-corrected chi connectivity index (χ4v) is 0.852. The van der Waals surface area contributed by atoms with Crippen molar-refractivity contribution in [2.75, 3.05) is 40.4 Å². The lowest BCUT2D eigenvalue weighted by Gasteiger charge is -2.31. The van der Waals surface area contributed by atoms with Gasteiger partial charge in [0.25, 0.3) is 0 Å². The summed E-state index contributed by atoms with van der Waals surface area (Å²) in [5.74, 6) is -0.995. The molecule has 0 aliphatic rings. The monoisotopic (exact) mass is 219 g/mol. The van der Waals surface area contributed by atoms with Crippen molar-refractivity contribution in [2.45, 2.75) is 27.2 Å². The van der Waals surface area contributed by atoms with Gasteiger partial charge in [-0.25, -0.2) is 0 Å². The molecule has 0 radical (unpaired) electrons. The van der Waals surface area contributed by atoms with E-state index < -0.39 is 5.97 Å². The van der Waals surface area contributed by atoms with E-state index in [9.17, 15) is 9.90 Å². The number of hydrogen-bond acceptors (Lipinski definition) is 3. The Morgan fingerprint density at radius 1 is 1.27 bits per heavy atom. The number of methoxy groups -OCH3 is 1. The summed E-state index contributed by atoms with van der Waals surface area (Å²) in [5.41, 5.74) is 0. The third kappa shape index (κ3) is 11.3. The Morgan fingerprint density at radius 2 is 1.67 bits per heavy atom. The van der Waals surface area contributed by atoms with Crippen LogP contribution < -0.4 is 5.11 Å². The average molecular weight is 219 g/mol. The van der Waals surface area contributed by atoms with Gasteiger partial charge < -0.3 is 19.1 Å². The zero-order valence-corrected chi connectivity index (χ0v) is 10.7.